The van der Waals surface area contributed by atoms with Crippen LogP contribution in [0.2, 0.25) is 0 Å². The standard InChI is InChI=1S/C22H30N4O2/c1-3-23-22(24-13-12-17-6-9-20(27-2)10-7-17)26-15-19-8-11-21(25-14-19)28-16-18-4-5-18/h6-11,14,18H,3-5,12-13,15-16H2,1-2H3,(H2,23,24,26). The predicted molar refractivity (Wildman–Crippen MR) is 112 cm³/mol. The molecule has 1 aliphatic carbocycles. The van der Waals surface area contributed by atoms with Gasteiger partial charge in [-0.25, -0.2) is 9.98 Å². The first kappa shape index (κ1) is 20.0. The van der Waals surface area contributed by atoms with E-state index in [0.717, 1.165) is 49.3 Å². The molecule has 0 radical (unpaired) electrons. The number of pyridine rings is 1. The van der Waals surface area contributed by atoms with Gasteiger partial charge in [0.15, 0.2) is 5.96 Å². The summed E-state index contributed by atoms with van der Waals surface area (Å²) in [5, 5.41) is 6.66. The normalized spacial score (nSPS) is 13.9. The first-order valence-corrected chi connectivity index (χ1v) is 9.99. The van der Waals surface area contributed by atoms with Gasteiger partial charge in [0.2, 0.25) is 5.88 Å². The van der Waals surface area contributed by atoms with Crippen LogP contribution in [0.25, 0.3) is 0 Å². The minimum Gasteiger partial charge on any atom is -0.497 e. The Hall–Kier alpha value is -2.76. The Bertz CT molecular complexity index is 740. The van der Waals surface area contributed by atoms with Crippen molar-refractivity contribution >= 4 is 5.96 Å². The third-order valence-electron chi connectivity index (χ3n) is 4.59. The lowest BCUT2D eigenvalue weighted by Crippen LogP contribution is -2.38. The first-order valence-electron chi connectivity index (χ1n) is 9.99. The highest BCUT2D eigenvalue weighted by atomic mass is 16.5. The lowest BCUT2D eigenvalue weighted by molar-refractivity contribution is 0.288. The second-order valence-corrected chi connectivity index (χ2v) is 6.98. The van der Waals surface area contributed by atoms with Gasteiger partial charge in [0.05, 0.1) is 20.3 Å². The highest BCUT2D eigenvalue weighted by Crippen LogP contribution is 2.29. The number of hydrogen-bond acceptors (Lipinski definition) is 4. The van der Waals surface area contributed by atoms with Crippen molar-refractivity contribution in [3.63, 3.8) is 0 Å². The molecule has 6 nitrogen and oxygen atoms in total. The number of methoxy groups -OCH3 is 1. The Balaban J connectivity index is 1.45. The molecule has 1 fully saturated rings. The average Bonchev–Trinajstić information content (AvgIpc) is 3.56. The van der Waals surface area contributed by atoms with Gasteiger partial charge in [-0.2, -0.15) is 0 Å². The fourth-order valence-electron chi connectivity index (χ4n) is 2.71. The van der Waals surface area contributed by atoms with Gasteiger partial charge in [-0.05, 0) is 55.4 Å². The average molecular weight is 383 g/mol. The number of aliphatic imine (C=N–C) groups is 1. The maximum Gasteiger partial charge on any atom is 0.213 e. The van der Waals surface area contributed by atoms with E-state index in [0.29, 0.717) is 12.4 Å². The van der Waals surface area contributed by atoms with Gasteiger partial charge in [-0.1, -0.05) is 18.2 Å². The maximum atomic E-state index is 5.68. The first-order chi connectivity index (χ1) is 13.8. The summed E-state index contributed by atoms with van der Waals surface area (Å²) < 4.78 is 10.9. The second-order valence-electron chi connectivity index (χ2n) is 6.98. The fourth-order valence-corrected chi connectivity index (χ4v) is 2.71. The molecule has 0 saturated heterocycles. The molecular formula is C22H30N4O2. The molecule has 2 aromatic rings. The molecule has 1 aliphatic rings. The zero-order valence-electron chi connectivity index (χ0n) is 16.8. The minimum absolute atomic E-state index is 0.577. The Morgan fingerprint density at radius 1 is 1.11 bits per heavy atom. The van der Waals surface area contributed by atoms with Crippen molar-refractivity contribution in [2.75, 3.05) is 26.8 Å². The van der Waals surface area contributed by atoms with E-state index in [1.54, 1.807) is 7.11 Å². The molecular weight excluding hydrogens is 352 g/mol. The maximum absolute atomic E-state index is 5.68. The molecule has 1 aromatic heterocycles. The van der Waals surface area contributed by atoms with Crippen LogP contribution >= 0.6 is 0 Å². The topological polar surface area (TPSA) is 67.8 Å². The third-order valence-corrected chi connectivity index (χ3v) is 4.59. The van der Waals surface area contributed by atoms with Crippen LogP contribution in [0.1, 0.15) is 30.9 Å². The SMILES string of the molecule is CCNC(=NCc1ccc(OCC2CC2)nc1)NCCc1ccc(OC)cc1. The zero-order chi connectivity index (χ0) is 19.6. The van der Waals surface area contributed by atoms with Crippen LogP contribution in [-0.2, 0) is 13.0 Å². The summed E-state index contributed by atoms with van der Waals surface area (Å²) in [5.74, 6) is 3.12. The Morgan fingerprint density at radius 2 is 1.89 bits per heavy atom. The van der Waals surface area contributed by atoms with E-state index in [9.17, 15) is 0 Å². The molecule has 0 spiro atoms. The fraction of sp³-hybridized carbons (Fsp3) is 0.455. The van der Waals surface area contributed by atoms with Crippen molar-refractivity contribution in [2.24, 2.45) is 10.9 Å². The molecule has 2 N–H and O–H groups in total. The molecule has 150 valence electrons. The Labute approximate surface area is 167 Å². The number of benzene rings is 1. The van der Waals surface area contributed by atoms with Crippen LogP contribution in [0.5, 0.6) is 11.6 Å². The van der Waals surface area contributed by atoms with E-state index in [2.05, 4.69) is 39.7 Å². The van der Waals surface area contributed by atoms with Crippen molar-refractivity contribution in [3.05, 3.63) is 53.7 Å². The molecule has 1 heterocycles. The van der Waals surface area contributed by atoms with Crippen LogP contribution in [-0.4, -0.2) is 37.7 Å². The van der Waals surface area contributed by atoms with Crippen molar-refractivity contribution in [3.8, 4) is 11.6 Å². The summed E-state index contributed by atoms with van der Waals surface area (Å²) in [4.78, 5) is 9.03. The highest BCUT2D eigenvalue weighted by molar-refractivity contribution is 5.79. The van der Waals surface area contributed by atoms with Gasteiger partial charge in [0.25, 0.3) is 0 Å². The van der Waals surface area contributed by atoms with Gasteiger partial charge >= 0.3 is 0 Å². The monoisotopic (exact) mass is 382 g/mol. The van der Waals surface area contributed by atoms with Gasteiger partial charge < -0.3 is 20.1 Å². The van der Waals surface area contributed by atoms with E-state index in [-0.39, 0.29) is 0 Å². The van der Waals surface area contributed by atoms with Crippen molar-refractivity contribution in [1.82, 2.24) is 15.6 Å². The predicted octanol–water partition coefficient (Wildman–Crippen LogP) is 3.18. The van der Waals surface area contributed by atoms with Gasteiger partial charge in [-0.15, -0.1) is 0 Å². The van der Waals surface area contributed by atoms with E-state index in [1.807, 2.05) is 30.5 Å². The molecule has 1 aromatic carbocycles. The summed E-state index contributed by atoms with van der Waals surface area (Å²) >= 11 is 0. The van der Waals surface area contributed by atoms with Crippen LogP contribution in [0.15, 0.2) is 47.6 Å². The lowest BCUT2D eigenvalue weighted by Gasteiger charge is -2.11. The van der Waals surface area contributed by atoms with Gasteiger partial charge in [0, 0.05) is 25.4 Å². The minimum atomic E-state index is 0.577. The number of rotatable bonds is 10. The third kappa shape index (κ3) is 6.76. The Kier molecular flexibility index (Phi) is 7.53. The molecule has 0 unspecified atom stereocenters. The van der Waals surface area contributed by atoms with Crippen molar-refractivity contribution in [2.45, 2.75) is 32.7 Å². The molecule has 1 saturated carbocycles. The molecule has 6 heteroatoms. The molecule has 0 bridgehead atoms. The Morgan fingerprint density at radius 3 is 2.54 bits per heavy atom. The largest absolute Gasteiger partial charge is 0.497 e. The number of aromatic nitrogens is 1. The quantitative estimate of drug-likeness (QED) is 0.488. The van der Waals surface area contributed by atoms with Gasteiger partial charge in [-0.3, -0.25) is 0 Å². The molecule has 0 amide bonds. The number of nitrogens with one attached hydrogen (secondary N) is 2. The number of hydrogen-bond donors (Lipinski definition) is 2. The number of nitrogens with zero attached hydrogens (tertiary/aromatic N) is 2. The van der Waals surface area contributed by atoms with Crippen LogP contribution in [0.3, 0.4) is 0 Å². The summed E-state index contributed by atoms with van der Waals surface area (Å²) in [7, 11) is 1.68. The van der Waals surface area contributed by atoms with Crippen LogP contribution < -0.4 is 20.1 Å². The highest BCUT2D eigenvalue weighted by Gasteiger charge is 2.21. The van der Waals surface area contributed by atoms with E-state index in [4.69, 9.17) is 9.47 Å². The van der Waals surface area contributed by atoms with Crippen molar-refractivity contribution in [1.29, 1.82) is 0 Å². The van der Waals surface area contributed by atoms with E-state index >= 15 is 0 Å². The zero-order valence-corrected chi connectivity index (χ0v) is 16.8. The summed E-state index contributed by atoms with van der Waals surface area (Å²) in [6.45, 7) is 5.06. The molecule has 3 rings (SSSR count). The molecule has 0 atom stereocenters. The summed E-state index contributed by atoms with van der Waals surface area (Å²) in [6.07, 6.45) is 5.33. The smallest absolute Gasteiger partial charge is 0.213 e. The second kappa shape index (κ2) is 10.5. The van der Waals surface area contributed by atoms with E-state index < -0.39 is 0 Å². The number of guanidine groups is 1. The van der Waals surface area contributed by atoms with Crippen molar-refractivity contribution < 1.29 is 9.47 Å². The molecule has 0 aliphatic heterocycles. The van der Waals surface area contributed by atoms with Crippen LogP contribution in [0, 0.1) is 5.92 Å². The van der Waals surface area contributed by atoms with E-state index in [1.165, 1.54) is 18.4 Å². The molecule has 28 heavy (non-hydrogen) atoms. The van der Waals surface area contributed by atoms with Gasteiger partial charge in [0.1, 0.15) is 5.75 Å². The summed E-state index contributed by atoms with van der Waals surface area (Å²) in [6, 6.07) is 12.1. The number of ether oxygens (including phenoxy) is 2. The van der Waals surface area contributed by atoms with Crippen LogP contribution in [0.4, 0.5) is 0 Å². The lowest BCUT2D eigenvalue weighted by atomic mass is 10.1. The summed E-state index contributed by atoms with van der Waals surface area (Å²) in [5.41, 5.74) is 2.32.